The molecule has 3 N–H and O–H groups in total. The molecule has 27 heavy (non-hydrogen) atoms. The average molecular weight is 410 g/mol. The molecule has 0 saturated carbocycles. The molecule has 2 amide bonds. The molecule has 0 heterocycles. The van der Waals surface area contributed by atoms with Gasteiger partial charge in [0.1, 0.15) is 6.04 Å². The Morgan fingerprint density at radius 2 is 1.67 bits per heavy atom. The van der Waals surface area contributed by atoms with Crippen LogP contribution < -0.4 is 15.4 Å². The van der Waals surface area contributed by atoms with Crippen LogP contribution in [0, 0.1) is 0 Å². The lowest BCUT2D eigenvalue weighted by Crippen LogP contribution is -2.47. The number of hydrogen-bond donors (Lipinski definition) is 2. The van der Waals surface area contributed by atoms with Crippen molar-refractivity contribution in [1.82, 2.24) is 0 Å². The van der Waals surface area contributed by atoms with E-state index in [1.54, 1.807) is 31.2 Å². The summed E-state index contributed by atoms with van der Waals surface area (Å²) in [6.45, 7) is 1.72. The Balaban J connectivity index is 2.31. The summed E-state index contributed by atoms with van der Waals surface area (Å²) < 4.78 is 25.8. The van der Waals surface area contributed by atoms with Gasteiger partial charge in [0.25, 0.3) is 0 Å². The predicted molar refractivity (Wildman–Crippen MR) is 106 cm³/mol. The number of hydrogen-bond acceptors (Lipinski definition) is 4. The van der Waals surface area contributed by atoms with Crippen LogP contribution in [-0.2, 0) is 14.8 Å². The molecule has 2 aromatic carbocycles. The molecular weight excluding hydrogens is 390 g/mol. The van der Waals surface area contributed by atoms with E-state index in [1.807, 2.05) is 0 Å². The Hall–Kier alpha value is -2.58. The van der Waals surface area contributed by atoms with Crippen LogP contribution in [0.25, 0.3) is 0 Å². The third-order valence-corrected chi connectivity index (χ3v) is 5.28. The van der Waals surface area contributed by atoms with Gasteiger partial charge in [0.2, 0.25) is 21.8 Å². The van der Waals surface area contributed by atoms with E-state index in [4.69, 9.17) is 17.3 Å². The molecule has 0 unspecified atom stereocenters. The highest BCUT2D eigenvalue weighted by molar-refractivity contribution is 7.92. The number of carbonyl (C=O) groups excluding carboxylic acids is 2. The molecule has 144 valence electrons. The monoisotopic (exact) mass is 409 g/mol. The van der Waals surface area contributed by atoms with Crippen LogP contribution in [0.1, 0.15) is 23.7 Å². The van der Waals surface area contributed by atoms with Gasteiger partial charge in [0, 0.05) is 16.3 Å². The summed E-state index contributed by atoms with van der Waals surface area (Å²) in [7, 11) is -3.73. The number of anilines is 2. The largest absolute Gasteiger partial charge is 0.366 e. The Labute approximate surface area is 163 Å². The molecule has 0 aliphatic carbocycles. The van der Waals surface area contributed by atoms with E-state index in [0.29, 0.717) is 22.0 Å². The highest BCUT2D eigenvalue weighted by Crippen LogP contribution is 2.25. The first kappa shape index (κ1) is 20.7. The first-order chi connectivity index (χ1) is 12.6. The van der Waals surface area contributed by atoms with Gasteiger partial charge < -0.3 is 11.1 Å². The van der Waals surface area contributed by atoms with Crippen molar-refractivity contribution >= 4 is 44.8 Å². The van der Waals surface area contributed by atoms with Gasteiger partial charge in [-0.3, -0.25) is 13.9 Å². The van der Waals surface area contributed by atoms with Crippen molar-refractivity contribution in [2.24, 2.45) is 5.73 Å². The lowest BCUT2D eigenvalue weighted by molar-refractivity contribution is -0.117. The first-order valence-corrected chi connectivity index (χ1v) is 10.3. The van der Waals surface area contributed by atoms with E-state index in [1.165, 1.54) is 24.3 Å². The number of nitrogens with zero attached hydrogens (tertiary/aromatic N) is 1. The lowest BCUT2D eigenvalue weighted by atomic mass is 10.1. The summed E-state index contributed by atoms with van der Waals surface area (Å²) in [5.74, 6) is -1.07. The smallest absolute Gasteiger partial charge is 0.248 e. The Kier molecular flexibility index (Phi) is 6.45. The number of halogens is 1. The van der Waals surface area contributed by atoms with Crippen LogP contribution in [-0.4, -0.2) is 32.5 Å². The summed E-state index contributed by atoms with van der Waals surface area (Å²) >= 11 is 5.87. The number of primary amides is 1. The summed E-state index contributed by atoms with van der Waals surface area (Å²) in [6.07, 6.45) is 1.29. The summed E-state index contributed by atoms with van der Waals surface area (Å²) in [5, 5.41) is 3.13. The number of benzene rings is 2. The molecule has 2 aromatic rings. The Morgan fingerprint density at radius 1 is 1.11 bits per heavy atom. The van der Waals surface area contributed by atoms with E-state index < -0.39 is 27.9 Å². The van der Waals surface area contributed by atoms with Crippen LogP contribution in [0.2, 0.25) is 5.02 Å². The Bertz CT molecular complexity index is 928. The number of nitrogens with two attached hydrogens (primary N) is 1. The maximum absolute atomic E-state index is 12.8. The van der Waals surface area contributed by atoms with Crippen LogP contribution >= 0.6 is 11.6 Å². The fourth-order valence-electron chi connectivity index (χ4n) is 2.59. The van der Waals surface area contributed by atoms with E-state index >= 15 is 0 Å². The fourth-order valence-corrected chi connectivity index (χ4v) is 3.93. The topological polar surface area (TPSA) is 110 Å². The molecule has 0 radical (unpaired) electrons. The fraction of sp³-hybridized carbons (Fsp3) is 0.222. The summed E-state index contributed by atoms with van der Waals surface area (Å²) in [6, 6.07) is 11.2. The van der Waals surface area contributed by atoms with Crippen molar-refractivity contribution in [2.45, 2.75) is 19.4 Å². The normalized spacial score (nSPS) is 12.3. The van der Waals surface area contributed by atoms with Gasteiger partial charge in [0.05, 0.1) is 11.9 Å². The van der Waals surface area contributed by atoms with Crippen LogP contribution in [0.3, 0.4) is 0 Å². The van der Waals surface area contributed by atoms with Crippen molar-refractivity contribution in [1.29, 1.82) is 0 Å². The highest BCUT2D eigenvalue weighted by Gasteiger charge is 2.31. The third kappa shape index (κ3) is 5.21. The van der Waals surface area contributed by atoms with Crippen molar-refractivity contribution in [3.63, 3.8) is 0 Å². The molecule has 0 aliphatic heterocycles. The molecular formula is C18H20ClN3O4S. The maximum atomic E-state index is 12.8. The second-order valence-electron chi connectivity index (χ2n) is 5.89. The molecule has 7 nitrogen and oxygen atoms in total. The number of sulfonamides is 1. The number of amides is 2. The van der Waals surface area contributed by atoms with Gasteiger partial charge in [-0.1, -0.05) is 18.5 Å². The molecule has 9 heteroatoms. The highest BCUT2D eigenvalue weighted by atomic mass is 35.5. The van der Waals surface area contributed by atoms with Crippen LogP contribution in [0.4, 0.5) is 11.4 Å². The van der Waals surface area contributed by atoms with Crippen LogP contribution in [0.15, 0.2) is 48.5 Å². The van der Waals surface area contributed by atoms with Crippen molar-refractivity contribution in [2.75, 3.05) is 15.9 Å². The van der Waals surface area contributed by atoms with Gasteiger partial charge in [-0.2, -0.15) is 0 Å². The number of nitrogens with one attached hydrogen (secondary N) is 1. The van der Waals surface area contributed by atoms with Gasteiger partial charge >= 0.3 is 0 Å². The standard InChI is InChI=1S/C18H20ClN3O4S/c1-3-16(18(24)21-14-8-4-12(5-9-14)17(20)23)22(27(2,25)26)15-10-6-13(19)7-11-15/h4-11,16H,3H2,1-2H3,(H2,20,23)(H,21,24)/t16-/m0/s1. The minimum Gasteiger partial charge on any atom is -0.366 e. The van der Waals surface area contributed by atoms with Gasteiger partial charge in [-0.25, -0.2) is 8.42 Å². The molecule has 1 atom stereocenters. The molecule has 0 saturated heterocycles. The second-order valence-corrected chi connectivity index (χ2v) is 8.19. The lowest BCUT2D eigenvalue weighted by Gasteiger charge is -2.30. The molecule has 0 aromatic heterocycles. The molecule has 2 rings (SSSR count). The summed E-state index contributed by atoms with van der Waals surface area (Å²) in [4.78, 5) is 23.9. The average Bonchev–Trinajstić information content (AvgIpc) is 2.60. The molecule has 0 aliphatic rings. The van der Waals surface area contributed by atoms with E-state index in [9.17, 15) is 18.0 Å². The molecule has 0 fully saturated rings. The second kappa shape index (κ2) is 8.41. The zero-order valence-corrected chi connectivity index (χ0v) is 16.4. The van der Waals surface area contributed by atoms with Crippen molar-refractivity contribution < 1.29 is 18.0 Å². The predicted octanol–water partition coefficient (Wildman–Crippen LogP) is 2.62. The van der Waals surface area contributed by atoms with Crippen molar-refractivity contribution in [3.05, 3.63) is 59.1 Å². The third-order valence-electron chi connectivity index (χ3n) is 3.85. The van der Waals surface area contributed by atoms with Crippen LogP contribution in [0.5, 0.6) is 0 Å². The van der Waals surface area contributed by atoms with Gasteiger partial charge in [0.15, 0.2) is 0 Å². The Morgan fingerprint density at radius 3 is 2.11 bits per heavy atom. The molecule has 0 spiro atoms. The minimum atomic E-state index is -3.73. The quantitative estimate of drug-likeness (QED) is 0.732. The summed E-state index contributed by atoms with van der Waals surface area (Å²) in [5.41, 5.74) is 6.26. The number of rotatable bonds is 7. The van der Waals surface area contributed by atoms with Gasteiger partial charge in [-0.15, -0.1) is 0 Å². The van der Waals surface area contributed by atoms with Gasteiger partial charge in [-0.05, 0) is 55.0 Å². The SMILES string of the molecule is CC[C@@H](C(=O)Nc1ccc(C(N)=O)cc1)N(c1ccc(Cl)cc1)S(C)(=O)=O. The van der Waals surface area contributed by atoms with E-state index in [-0.39, 0.29) is 6.42 Å². The first-order valence-electron chi connectivity index (χ1n) is 8.09. The van der Waals surface area contributed by atoms with E-state index in [2.05, 4.69) is 5.32 Å². The zero-order chi connectivity index (χ0) is 20.2. The minimum absolute atomic E-state index is 0.251. The van der Waals surface area contributed by atoms with Crippen molar-refractivity contribution in [3.8, 4) is 0 Å². The maximum Gasteiger partial charge on any atom is 0.248 e. The molecule has 0 bridgehead atoms. The number of carbonyl (C=O) groups is 2. The zero-order valence-electron chi connectivity index (χ0n) is 14.8. The van der Waals surface area contributed by atoms with E-state index in [0.717, 1.165) is 10.6 Å².